The Morgan fingerprint density at radius 3 is 2.81 bits per heavy atom. The van der Waals surface area contributed by atoms with Crippen molar-refractivity contribution in [3.8, 4) is 0 Å². The summed E-state index contributed by atoms with van der Waals surface area (Å²) in [5.74, 6) is 0. The second-order valence-electron chi connectivity index (χ2n) is 4.28. The zero-order chi connectivity index (χ0) is 11.5. The van der Waals surface area contributed by atoms with Crippen LogP contribution in [0.1, 0.15) is 18.4 Å². The van der Waals surface area contributed by atoms with Gasteiger partial charge in [0, 0.05) is 29.1 Å². The molecule has 0 saturated heterocycles. The molecule has 1 aromatic carbocycles. The molecule has 0 amide bonds. The van der Waals surface area contributed by atoms with Crippen molar-refractivity contribution in [3.63, 3.8) is 0 Å². The second-order valence-corrected chi connectivity index (χ2v) is 5.12. The Morgan fingerprint density at radius 1 is 1.38 bits per heavy atom. The number of halogens is 2. The monoisotopic (exact) mass is 259 g/mol. The maximum atomic E-state index is 9.83. The molecule has 4 heteroatoms. The number of benzene rings is 1. The smallest absolute Gasteiger partial charge is 0.0705 e. The fourth-order valence-electron chi connectivity index (χ4n) is 1.62. The van der Waals surface area contributed by atoms with Gasteiger partial charge in [-0.05, 0) is 36.6 Å². The lowest BCUT2D eigenvalue weighted by Crippen LogP contribution is -2.29. The van der Waals surface area contributed by atoms with Crippen molar-refractivity contribution in [1.29, 1.82) is 0 Å². The summed E-state index contributed by atoms with van der Waals surface area (Å²) in [4.78, 5) is 0. The van der Waals surface area contributed by atoms with E-state index in [-0.39, 0.29) is 0 Å². The highest BCUT2D eigenvalue weighted by Gasteiger charge is 2.21. The van der Waals surface area contributed by atoms with Crippen LogP contribution in [0.5, 0.6) is 0 Å². The fraction of sp³-hybridized carbons (Fsp3) is 0.500. The Morgan fingerprint density at radius 2 is 2.12 bits per heavy atom. The standard InChI is InChI=1S/C12H15Cl2NO/c13-9-1-4-12(14)8(5-9)6-11(16)7-15-10-2-3-10/h1,4-5,10-11,15-16H,2-3,6-7H2. The minimum atomic E-state index is -0.406. The van der Waals surface area contributed by atoms with Crippen LogP contribution in [0, 0.1) is 0 Å². The molecule has 1 aliphatic rings. The van der Waals surface area contributed by atoms with E-state index >= 15 is 0 Å². The molecular weight excluding hydrogens is 245 g/mol. The zero-order valence-electron chi connectivity index (χ0n) is 8.92. The normalized spacial score (nSPS) is 17.4. The molecule has 1 atom stereocenters. The minimum absolute atomic E-state index is 0.406. The lowest BCUT2D eigenvalue weighted by Gasteiger charge is -2.12. The predicted molar refractivity (Wildman–Crippen MR) is 67.2 cm³/mol. The Bertz CT molecular complexity index is 366. The van der Waals surface area contributed by atoms with Gasteiger partial charge in [0.05, 0.1) is 6.10 Å². The summed E-state index contributed by atoms with van der Waals surface area (Å²) in [6, 6.07) is 5.94. The second kappa shape index (κ2) is 5.37. The molecule has 1 aliphatic carbocycles. The van der Waals surface area contributed by atoms with Crippen molar-refractivity contribution in [3.05, 3.63) is 33.8 Å². The number of hydrogen-bond donors (Lipinski definition) is 2. The lowest BCUT2D eigenvalue weighted by atomic mass is 10.1. The molecule has 0 aliphatic heterocycles. The summed E-state index contributed by atoms with van der Waals surface area (Å²) >= 11 is 11.9. The Labute approximate surface area is 106 Å². The van der Waals surface area contributed by atoms with E-state index in [0.29, 0.717) is 29.1 Å². The third-order valence-electron chi connectivity index (χ3n) is 2.68. The summed E-state index contributed by atoms with van der Waals surface area (Å²) < 4.78 is 0. The van der Waals surface area contributed by atoms with Crippen molar-refractivity contribution in [2.75, 3.05) is 6.54 Å². The SMILES string of the molecule is OC(CNC1CC1)Cc1cc(Cl)ccc1Cl. The first-order chi connectivity index (χ1) is 7.65. The molecule has 0 aromatic heterocycles. The number of aliphatic hydroxyl groups excluding tert-OH is 1. The molecule has 16 heavy (non-hydrogen) atoms. The van der Waals surface area contributed by atoms with Gasteiger partial charge in [0.15, 0.2) is 0 Å². The maximum absolute atomic E-state index is 9.83. The van der Waals surface area contributed by atoms with E-state index in [1.54, 1.807) is 12.1 Å². The molecule has 0 spiro atoms. The molecule has 0 bridgehead atoms. The van der Waals surface area contributed by atoms with Crippen LogP contribution in [0.25, 0.3) is 0 Å². The quantitative estimate of drug-likeness (QED) is 0.853. The maximum Gasteiger partial charge on any atom is 0.0705 e. The van der Waals surface area contributed by atoms with E-state index in [1.165, 1.54) is 12.8 Å². The van der Waals surface area contributed by atoms with Gasteiger partial charge < -0.3 is 10.4 Å². The van der Waals surface area contributed by atoms with Crippen LogP contribution >= 0.6 is 23.2 Å². The first-order valence-electron chi connectivity index (χ1n) is 5.50. The van der Waals surface area contributed by atoms with E-state index in [4.69, 9.17) is 23.2 Å². The van der Waals surface area contributed by atoms with Crippen molar-refractivity contribution in [2.24, 2.45) is 0 Å². The van der Waals surface area contributed by atoms with Gasteiger partial charge in [-0.15, -0.1) is 0 Å². The minimum Gasteiger partial charge on any atom is -0.391 e. The van der Waals surface area contributed by atoms with Crippen LogP contribution in [0.2, 0.25) is 10.0 Å². The first kappa shape index (κ1) is 12.2. The van der Waals surface area contributed by atoms with Gasteiger partial charge in [0.2, 0.25) is 0 Å². The van der Waals surface area contributed by atoms with E-state index in [9.17, 15) is 5.11 Å². The van der Waals surface area contributed by atoms with Crippen LogP contribution < -0.4 is 5.32 Å². The van der Waals surface area contributed by atoms with Gasteiger partial charge in [-0.25, -0.2) is 0 Å². The predicted octanol–water partition coefficient (Wildman–Crippen LogP) is 2.65. The fourth-order valence-corrected chi connectivity index (χ4v) is 2.01. The third-order valence-corrected chi connectivity index (χ3v) is 3.29. The topological polar surface area (TPSA) is 32.3 Å². The number of aliphatic hydroxyl groups is 1. The van der Waals surface area contributed by atoms with Crippen LogP contribution in [-0.4, -0.2) is 23.8 Å². The molecule has 0 radical (unpaired) electrons. The van der Waals surface area contributed by atoms with Gasteiger partial charge in [0.1, 0.15) is 0 Å². The van der Waals surface area contributed by atoms with Gasteiger partial charge in [-0.3, -0.25) is 0 Å². The molecule has 1 unspecified atom stereocenters. The molecule has 2 rings (SSSR count). The highest BCUT2D eigenvalue weighted by atomic mass is 35.5. The van der Waals surface area contributed by atoms with E-state index in [2.05, 4.69) is 5.32 Å². The van der Waals surface area contributed by atoms with Crippen LogP contribution in [0.3, 0.4) is 0 Å². The summed E-state index contributed by atoms with van der Waals surface area (Å²) in [6.07, 6.45) is 2.59. The largest absolute Gasteiger partial charge is 0.391 e. The summed E-state index contributed by atoms with van der Waals surface area (Å²) in [6.45, 7) is 0.619. The number of rotatable bonds is 5. The van der Waals surface area contributed by atoms with Gasteiger partial charge >= 0.3 is 0 Å². The highest BCUT2D eigenvalue weighted by Crippen LogP contribution is 2.22. The average molecular weight is 260 g/mol. The van der Waals surface area contributed by atoms with Crippen molar-refractivity contribution >= 4 is 23.2 Å². The molecule has 88 valence electrons. The molecule has 2 N–H and O–H groups in total. The van der Waals surface area contributed by atoms with E-state index in [1.807, 2.05) is 6.07 Å². The molecular formula is C12H15Cl2NO. The summed E-state index contributed by atoms with van der Waals surface area (Å²) in [5.41, 5.74) is 0.902. The first-order valence-corrected chi connectivity index (χ1v) is 6.26. The zero-order valence-corrected chi connectivity index (χ0v) is 10.4. The van der Waals surface area contributed by atoms with Crippen LogP contribution in [0.4, 0.5) is 0 Å². The molecule has 1 aromatic rings. The van der Waals surface area contributed by atoms with Crippen molar-refractivity contribution in [2.45, 2.75) is 31.4 Å². The Balaban J connectivity index is 1.88. The van der Waals surface area contributed by atoms with Crippen LogP contribution in [0.15, 0.2) is 18.2 Å². The number of hydrogen-bond acceptors (Lipinski definition) is 2. The van der Waals surface area contributed by atoms with Crippen LogP contribution in [-0.2, 0) is 6.42 Å². The lowest BCUT2D eigenvalue weighted by molar-refractivity contribution is 0.171. The van der Waals surface area contributed by atoms with Gasteiger partial charge in [-0.2, -0.15) is 0 Å². The third kappa shape index (κ3) is 3.63. The van der Waals surface area contributed by atoms with Gasteiger partial charge in [-0.1, -0.05) is 23.2 Å². The Hall–Kier alpha value is -0.280. The van der Waals surface area contributed by atoms with Crippen molar-refractivity contribution in [1.82, 2.24) is 5.32 Å². The average Bonchev–Trinajstić information content (AvgIpc) is 3.04. The molecule has 0 heterocycles. The summed E-state index contributed by atoms with van der Waals surface area (Å²) in [7, 11) is 0. The highest BCUT2D eigenvalue weighted by molar-refractivity contribution is 6.33. The molecule has 2 nitrogen and oxygen atoms in total. The molecule has 1 fully saturated rings. The van der Waals surface area contributed by atoms with E-state index in [0.717, 1.165) is 5.56 Å². The number of nitrogens with one attached hydrogen (secondary N) is 1. The van der Waals surface area contributed by atoms with Gasteiger partial charge in [0.25, 0.3) is 0 Å². The Kier molecular flexibility index (Phi) is 4.09. The van der Waals surface area contributed by atoms with E-state index < -0.39 is 6.10 Å². The molecule has 1 saturated carbocycles. The summed E-state index contributed by atoms with van der Waals surface area (Å²) in [5, 5.41) is 14.4. The van der Waals surface area contributed by atoms with Crippen molar-refractivity contribution < 1.29 is 5.11 Å².